The van der Waals surface area contributed by atoms with Gasteiger partial charge < -0.3 is 9.47 Å². The average Bonchev–Trinajstić information content (AvgIpc) is 3.12. The summed E-state index contributed by atoms with van der Waals surface area (Å²) in [6, 6.07) is 0. The maximum Gasteiger partial charge on any atom is 0.309 e. The first kappa shape index (κ1) is 43.3. The van der Waals surface area contributed by atoms with Gasteiger partial charge in [0, 0.05) is 0 Å². The van der Waals surface area contributed by atoms with Crippen LogP contribution in [0.1, 0.15) is 209 Å². The Morgan fingerprint density at radius 2 is 0.920 bits per heavy atom. The van der Waals surface area contributed by atoms with Crippen LogP contribution in [0.5, 0.6) is 0 Å². The summed E-state index contributed by atoms with van der Waals surface area (Å²) in [5, 5.41) is 0. The van der Waals surface area contributed by atoms with Crippen molar-refractivity contribution in [2.45, 2.75) is 209 Å². The Bertz CT molecular complexity index is 866. The van der Waals surface area contributed by atoms with Crippen molar-refractivity contribution >= 4 is 11.9 Å². The second-order valence-electron chi connectivity index (χ2n) is 18.9. The highest BCUT2D eigenvalue weighted by Crippen LogP contribution is 2.48. The minimum Gasteiger partial charge on any atom is -0.465 e. The van der Waals surface area contributed by atoms with E-state index in [0.717, 1.165) is 75.0 Å². The lowest BCUT2D eigenvalue weighted by Crippen LogP contribution is -2.37. The monoisotopic (exact) mass is 701 g/mol. The van der Waals surface area contributed by atoms with Crippen LogP contribution in [-0.2, 0) is 19.1 Å². The quantitative estimate of drug-likeness (QED) is 0.106. The fourth-order valence-corrected chi connectivity index (χ4v) is 11.0. The molecule has 0 spiro atoms. The van der Waals surface area contributed by atoms with Crippen molar-refractivity contribution in [3.63, 3.8) is 0 Å². The lowest BCUT2D eigenvalue weighted by Gasteiger charge is -2.42. The predicted molar refractivity (Wildman–Crippen MR) is 211 cm³/mol. The average molecular weight is 701 g/mol. The molecule has 0 aliphatic heterocycles. The van der Waals surface area contributed by atoms with Crippen LogP contribution in [-0.4, -0.2) is 25.2 Å². The van der Waals surface area contributed by atoms with E-state index in [1.165, 1.54) is 103 Å². The lowest BCUT2D eigenvalue weighted by molar-refractivity contribution is -0.165. The Morgan fingerprint density at radius 1 is 0.560 bits per heavy atom. The summed E-state index contributed by atoms with van der Waals surface area (Å²) in [6.07, 6.45) is 29.2. The molecule has 0 radical (unpaired) electrons. The van der Waals surface area contributed by atoms with Crippen LogP contribution in [0.15, 0.2) is 0 Å². The van der Waals surface area contributed by atoms with E-state index in [9.17, 15) is 9.59 Å². The number of hydrogen-bond acceptors (Lipinski definition) is 4. The van der Waals surface area contributed by atoms with Gasteiger partial charge in [-0.2, -0.15) is 0 Å². The van der Waals surface area contributed by atoms with Crippen LogP contribution in [0.3, 0.4) is 0 Å². The van der Waals surface area contributed by atoms with Crippen LogP contribution >= 0.6 is 0 Å². The second-order valence-corrected chi connectivity index (χ2v) is 18.9. The first-order valence-corrected chi connectivity index (χ1v) is 22.3. The summed E-state index contributed by atoms with van der Waals surface area (Å²) < 4.78 is 12.1. The number of carbonyl (C=O) groups excluding carboxylic acids is 2. The summed E-state index contributed by atoms with van der Waals surface area (Å²) in [5.74, 6) is 3.20. The Hall–Kier alpha value is -1.06. The van der Waals surface area contributed by atoms with Crippen LogP contribution in [0.25, 0.3) is 0 Å². The first-order valence-electron chi connectivity index (χ1n) is 22.3. The van der Waals surface area contributed by atoms with E-state index in [1.807, 2.05) is 0 Å². The maximum absolute atomic E-state index is 13.4. The molecule has 0 saturated heterocycles. The molecule has 0 N–H and O–H groups in total. The van der Waals surface area contributed by atoms with E-state index in [-0.39, 0.29) is 23.8 Å². The van der Waals surface area contributed by atoms with Gasteiger partial charge in [0.25, 0.3) is 0 Å². The van der Waals surface area contributed by atoms with Crippen LogP contribution in [0.2, 0.25) is 0 Å². The van der Waals surface area contributed by atoms with E-state index in [2.05, 4.69) is 55.4 Å². The largest absolute Gasteiger partial charge is 0.465 e. The minimum absolute atomic E-state index is 0.141. The molecule has 0 heterocycles. The molecule has 0 bridgehead atoms. The molecule has 3 aliphatic rings. The summed E-state index contributed by atoms with van der Waals surface area (Å²) in [5.41, 5.74) is 0.925. The van der Waals surface area contributed by atoms with Gasteiger partial charge in [-0.05, 0) is 136 Å². The first-order chi connectivity index (χ1) is 24.0. The fourth-order valence-electron chi connectivity index (χ4n) is 11.0. The third-order valence-corrected chi connectivity index (χ3v) is 14.4. The number of rotatable bonds is 22. The summed E-state index contributed by atoms with van der Waals surface area (Å²) in [4.78, 5) is 26.9. The van der Waals surface area contributed by atoms with Gasteiger partial charge in [0.2, 0.25) is 0 Å². The van der Waals surface area contributed by atoms with Crippen molar-refractivity contribution in [3.05, 3.63) is 0 Å². The fraction of sp³-hybridized carbons (Fsp3) is 0.957. The molecule has 4 nitrogen and oxygen atoms in total. The smallest absolute Gasteiger partial charge is 0.309 e. The highest BCUT2D eigenvalue weighted by atomic mass is 16.5. The lowest BCUT2D eigenvalue weighted by atomic mass is 9.64. The molecule has 3 saturated carbocycles. The van der Waals surface area contributed by atoms with Crippen molar-refractivity contribution in [1.82, 2.24) is 0 Å². The molecule has 0 aromatic heterocycles. The molecule has 0 aromatic carbocycles. The zero-order valence-electron chi connectivity index (χ0n) is 34.6. The highest BCUT2D eigenvalue weighted by Gasteiger charge is 2.41. The van der Waals surface area contributed by atoms with Crippen molar-refractivity contribution in [2.24, 2.45) is 58.2 Å². The zero-order valence-corrected chi connectivity index (χ0v) is 34.6. The van der Waals surface area contributed by atoms with Gasteiger partial charge in [0.1, 0.15) is 0 Å². The Morgan fingerprint density at radius 3 is 1.24 bits per heavy atom. The Labute approximate surface area is 311 Å². The number of unbranched alkanes of at least 4 members (excludes halogenated alkanes) is 2. The topological polar surface area (TPSA) is 52.6 Å². The summed E-state index contributed by atoms with van der Waals surface area (Å²) in [6.45, 7) is 20.3. The number of esters is 2. The van der Waals surface area contributed by atoms with Crippen molar-refractivity contribution in [2.75, 3.05) is 13.2 Å². The van der Waals surface area contributed by atoms with Crippen molar-refractivity contribution < 1.29 is 19.1 Å². The van der Waals surface area contributed by atoms with E-state index in [1.54, 1.807) is 0 Å². The maximum atomic E-state index is 13.4. The van der Waals surface area contributed by atoms with Gasteiger partial charge in [-0.25, -0.2) is 0 Å². The molecular formula is C46H84O4. The molecule has 6 atom stereocenters. The standard InChI is InChI=1S/C46H84O4/c1-9-13-17-35(5)29-37(7)31-45(11-3)25-21-39(22-26-45)33-49-43(47)41-19-15-16-20-42(41)44(48)50-34-40-23-27-46(12-4,28-24-40)32-38(8)30-36(6)18-14-10-2/h35-42H,9-34H2,1-8H3. The van der Waals surface area contributed by atoms with Crippen molar-refractivity contribution in [3.8, 4) is 0 Å². The van der Waals surface area contributed by atoms with Crippen LogP contribution in [0, 0.1) is 58.2 Å². The van der Waals surface area contributed by atoms with E-state index >= 15 is 0 Å². The van der Waals surface area contributed by atoms with Crippen LogP contribution in [0.4, 0.5) is 0 Å². The molecule has 3 rings (SSSR count). The van der Waals surface area contributed by atoms with E-state index < -0.39 is 0 Å². The van der Waals surface area contributed by atoms with Gasteiger partial charge in [-0.1, -0.05) is 120 Å². The number of ether oxygens (including phenoxy) is 2. The van der Waals surface area contributed by atoms with E-state index in [4.69, 9.17) is 9.47 Å². The zero-order chi connectivity index (χ0) is 36.6. The Kier molecular flexibility index (Phi) is 19.3. The van der Waals surface area contributed by atoms with Gasteiger partial charge in [-0.15, -0.1) is 0 Å². The molecule has 3 fully saturated rings. The van der Waals surface area contributed by atoms with Crippen molar-refractivity contribution in [1.29, 1.82) is 0 Å². The van der Waals surface area contributed by atoms with Gasteiger partial charge >= 0.3 is 11.9 Å². The SMILES string of the molecule is CCCCC(C)CC(C)CC1(CC)CCC(COC(=O)C2CCCCC2C(=O)OCC2CCC(CC)(CC(C)CC(C)CCCC)CC2)CC1. The van der Waals surface area contributed by atoms with Crippen LogP contribution < -0.4 is 0 Å². The van der Waals surface area contributed by atoms with Gasteiger partial charge in [0.05, 0.1) is 25.0 Å². The number of hydrogen-bond donors (Lipinski definition) is 0. The molecule has 292 valence electrons. The molecule has 0 aromatic rings. The third kappa shape index (κ3) is 14.1. The molecule has 3 aliphatic carbocycles. The summed E-state index contributed by atoms with van der Waals surface area (Å²) in [7, 11) is 0. The number of carbonyl (C=O) groups is 2. The molecule has 0 amide bonds. The normalized spacial score (nSPS) is 31.4. The van der Waals surface area contributed by atoms with Gasteiger partial charge in [-0.3, -0.25) is 9.59 Å². The second kappa shape index (κ2) is 22.2. The van der Waals surface area contributed by atoms with Gasteiger partial charge in [0.15, 0.2) is 0 Å². The molecule has 6 unspecified atom stereocenters. The summed E-state index contributed by atoms with van der Waals surface area (Å²) >= 11 is 0. The minimum atomic E-state index is -0.328. The highest BCUT2D eigenvalue weighted by molar-refractivity contribution is 5.82. The van der Waals surface area contributed by atoms with E-state index in [0.29, 0.717) is 35.9 Å². The molecule has 4 heteroatoms. The molecular weight excluding hydrogens is 617 g/mol. The Balaban J connectivity index is 1.40. The predicted octanol–water partition coefficient (Wildman–Crippen LogP) is 13.5. The third-order valence-electron chi connectivity index (χ3n) is 14.4. The molecule has 50 heavy (non-hydrogen) atoms.